The molecule has 0 bridgehead atoms. The van der Waals surface area contributed by atoms with E-state index in [0.717, 1.165) is 0 Å². The minimum atomic E-state index is 0. The van der Waals surface area contributed by atoms with Crippen molar-refractivity contribution in [3.63, 3.8) is 0 Å². The van der Waals surface area contributed by atoms with Crippen molar-refractivity contribution in [2.75, 3.05) is 0 Å². The Balaban J connectivity index is 0. The SMILES string of the molecule is [Mg+2].[Mg+2].[O-2].[O-2].[O-2].[O-2].[Ti+4]. The van der Waals surface area contributed by atoms with E-state index in [1.54, 1.807) is 0 Å². The Labute approximate surface area is 88.8 Å². The quantitative estimate of drug-likeness (QED) is 0.395. The van der Waals surface area contributed by atoms with Crippen LogP contribution in [0.3, 0.4) is 0 Å². The van der Waals surface area contributed by atoms with Crippen LogP contribution in [-0.2, 0) is 43.6 Å². The molecule has 4 nitrogen and oxygen atoms in total. The molecular formula is Mg2O4Ti. The van der Waals surface area contributed by atoms with E-state index in [4.69, 9.17) is 0 Å². The summed E-state index contributed by atoms with van der Waals surface area (Å²) in [6.07, 6.45) is 0. The number of rotatable bonds is 0. The zero-order valence-corrected chi connectivity index (χ0v) is 7.94. The van der Waals surface area contributed by atoms with E-state index in [2.05, 4.69) is 0 Å². The summed E-state index contributed by atoms with van der Waals surface area (Å²) in [7, 11) is 0. The third-order valence-corrected chi connectivity index (χ3v) is 0. The fraction of sp³-hybridized carbons (Fsp3) is 0. The van der Waals surface area contributed by atoms with E-state index in [-0.39, 0.29) is 89.7 Å². The van der Waals surface area contributed by atoms with Crippen LogP contribution in [0.15, 0.2) is 0 Å². The van der Waals surface area contributed by atoms with Gasteiger partial charge in [-0.25, -0.2) is 0 Å². The van der Waals surface area contributed by atoms with Gasteiger partial charge in [-0.05, 0) is 0 Å². The summed E-state index contributed by atoms with van der Waals surface area (Å²) in [5, 5.41) is 0. The van der Waals surface area contributed by atoms with E-state index in [0.29, 0.717) is 0 Å². The average Bonchev–Trinajstić information content (AvgIpc) is 0. The first-order valence-electron chi connectivity index (χ1n) is 0. The molecule has 0 unspecified atom stereocenters. The Hall–Kier alpha value is 2.09. The topological polar surface area (TPSA) is 114 Å². The maximum atomic E-state index is 0. The molecule has 0 fully saturated rings. The zero-order valence-electron chi connectivity index (χ0n) is 3.55. The van der Waals surface area contributed by atoms with Gasteiger partial charge in [0.05, 0.1) is 0 Å². The van der Waals surface area contributed by atoms with Crippen LogP contribution in [0, 0.1) is 0 Å². The molecule has 0 heterocycles. The molecule has 0 aromatic rings. The minimum absolute atomic E-state index is 0. The maximum Gasteiger partial charge on any atom is 4.00 e. The van der Waals surface area contributed by atoms with E-state index >= 15 is 0 Å². The van der Waals surface area contributed by atoms with Crippen molar-refractivity contribution in [2.45, 2.75) is 0 Å². The van der Waals surface area contributed by atoms with Gasteiger partial charge in [0.1, 0.15) is 0 Å². The van der Waals surface area contributed by atoms with Crippen molar-refractivity contribution in [3.8, 4) is 0 Å². The third-order valence-electron chi connectivity index (χ3n) is 0. The van der Waals surface area contributed by atoms with Gasteiger partial charge >= 0.3 is 67.8 Å². The fourth-order valence-electron chi connectivity index (χ4n) is 0. The normalized spacial score (nSPS) is 0. The number of hydrogen-bond acceptors (Lipinski definition) is 0. The second-order valence-corrected chi connectivity index (χ2v) is 0. The van der Waals surface area contributed by atoms with Gasteiger partial charge < -0.3 is 21.9 Å². The molecule has 0 saturated carbocycles. The van der Waals surface area contributed by atoms with Crippen LogP contribution in [0.2, 0.25) is 0 Å². The molecule has 0 radical (unpaired) electrons. The van der Waals surface area contributed by atoms with Gasteiger partial charge in [0.2, 0.25) is 0 Å². The van der Waals surface area contributed by atoms with Crippen molar-refractivity contribution in [2.24, 2.45) is 0 Å². The molecule has 0 aliphatic rings. The van der Waals surface area contributed by atoms with Crippen molar-refractivity contribution < 1.29 is 43.6 Å². The largest absolute Gasteiger partial charge is 4.00 e. The molecule has 0 aliphatic heterocycles. The van der Waals surface area contributed by atoms with Gasteiger partial charge in [-0.2, -0.15) is 0 Å². The molecule has 32 valence electrons. The molecular weight excluding hydrogens is 160 g/mol. The fourth-order valence-corrected chi connectivity index (χ4v) is 0. The average molecular weight is 160 g/mol. The van der Waals surface area contributed by atoms with Gasteiger partial charge in [-0.1, -0.05) is 0 Å². The monoisotopic (exact) mass is 160 g/mol. The van der Waals surface area contributed by atoms with E-state index in [9.17, 15) is 0 Å². The Morgan fingerprint density at radius 3 is 0.429 bits per heavy atom. The molecule has 0 aromatic carbocycles. The predicted octanol–water partition coefficient (Wildman–Crippen LogP) is -1.24. The molecule has 7 heavy (non-hydrogen) atoms. The predicted molar refractivity (Wildman–Crippen MR) is 14.3 cm³/mol. The van der Waals surface area contributed by atoms with Crippen LogP contribution in [0.1, 0.15) is 0 Å². The second-order valence-electron chi connectivity index (χ2n) is 0. The summed E-state index contributed by atoms with van der Waals surface area (Å²) >= 11 is 0. The molecule has 0 aromatic heterocycles. The summed E-state index contributed by atoms with van der Waals surface area (Å²) in [4.78, 5) is 0. The molecule has 0 spiro atoms. The summed E-state index contributed by atoms with van der Waals surface area (Å²) in [5.41, 5.74) is 0. The minimum Gasteiger partial charge on any atom is -2.00 e. The Morgan fingerprint density at radius 1 is 0.429 bits per heavy atom. The first-order valence-corrected chi connectivity index (χ1v) is 0. The molecule has 0 saturated heterocycles. The van der Waals surface area contributed by atoms with Gasteiger partial charge in [0.15, 0.2) is 0 Å². The maximum absolute atomic E-state index is 0. The summed E-state index contributed by atoms with van der Waals surface area (Å²) in [6, 6.07) is 0. The second kappa shape index (κ2) is 93.3. The Morgan fingerprint density at radius 2 is 0.429 bits per heavy atom. The van der Waals surface area contributed by atoms with Crippen LogP contribution >= 0.6 is 0 Å². The number of hydrogen-bond donors (Lipinski definition) is 0. The Bertz CT molecular complexity index is 9.65. The van der Waals surface area contributed by atoms with Gasteiger partial charge in [-0.15, -0.1) is 0 Å². The van der Waals surface area contributed by atoms with Crippen molar-refractivity contribution in [3.05, 3.63) is 0 Å². The van der Waals surface area contributed by atoms with E-state index in [1.165, 1.54) is 0 Å². The third kappa shape index (κ3) is 68.8. The smallest absolute Gasteiger partial charge is 2.00 e. The van der Waals surface area contributed by atoms with Crippen LogP contribution in [0.4, 0.5) is 0 Å². The van der Waals surface area contributed by atoms with Gasteiger partial charge in [0, 0.05) is 0 Å². The molecule has 0 aliphatic carbocycles. The summed E-state index contributed by atoms with van der Waals surface area (Å²) < 4.78 is 0. The molecule has 0 atom stereocenters. The molecule has 0 rings (SSSR count). The Kier molecular flexibility index (Phi) is 1820. The van der Waals surface area contributed by atoms with E-state index < -0.39 is 0 Å². The zero-order chi connectivity index (χ0) is 0. The first kappa shape index (κ1) is 136. The van der Waals surface area contributed by atoms with Gasteiger partial charge in [-0.3, -0.25) is 0 Å². The molecule has 0 amide bonds. The standard InChI is InChI=1S/2Mg.4O.Ti/q2*+2;4*-2;+4. The van der Waals surface area contributed by atoms with Crippen molar-refractivity contribution >= 4 is 46.1 Å². The van der Waals surface area contributed by atoms with E-state index in [1.807, 2.05) is 0 Å². The van der Waals surface area contributed by atoms with Crippen LogP contribution in [0.25, 0.3) is 0 Å². The molecule has 0 N–H and O–H groups in total. The van der Waals surface area contributed by atoms with Crippen molar-refractivity contribution in [1.82, 2.24) is 0 Å². The van der Waals surface area contributed by atoms with Crippen LogP contribution in [0.5, 0.6) is 0 Å². The van der Waals surface area contributed by atoms with Gasteiger partial charge in [0.25, 0.3) is 0 Å². The molecule has 7 heteroatoms. The van der Waals surface area contributed by atoms with Crippen LogP contribution < -0.4 is 0 Å². The van der Waals surface area contributed by atoms with Crippen molar-refractivity contribution in [1.29, 1.82) is 0 Å². The van der Waals surface area contributed by atoms with Crippen LogP contribution in [-0.4, -0.2) is 46.1 Å². The first-order chi connectivity index (χ1) is 0. The summed E-state index contributed by atoms with van der Waals surface area (Å²) in [6.45, 7) is 0. The summed E-state index contributed by atoms with van der Waals surface area (Å²) in [5.74, 6) is 0.